The normalized spacial score (nSPS) is 23.4. The summed E-state index contributed by atoms with van der Waals surface area (Å²) in [4.78, 5) is 0. The lowest BCUT2D eigenvalue weighted by atomic mass is 9.98. The molecule has 1 saturated heterocycles. The van der Waals surface area contributed by atoms with Crippen LogP contribution in [0, 0.1) is 0 Å². The summed E-state index contributed by atoms with van der Waals surface area (Å²) >= 11 is 0. The van der Waals surface area contributed by atoms with Crippen molar-refractivity contribution in [3.05, 3.63) is 35.4 Å². The van der Waals surface area contributed by atoms with Crippen LogP contribution in [0.2, 0.25) is 0 Å². The molecule has 1 N–H and O–H groups in total. The lowest BCUT2D eigenvalue weighted by molar-refractivity contribution is 0.469. The van der Waals surface area contributed by atoms with Gasteiger partial charge in [0.25, 0.3) is 0 Å². The first kappa shape index (κ1) is 15.5. The summed E-state index contributed by atoms with van der Waals surface area (Å²) in [5.74, 6) is 0.337. The van der Waals surface area contributed by atoms with Crippen LogP contribution in [-0.2, 0) is 16.3 Å². The maximum absolute atomic E-state index is 12.3. The van der Waals surface area contributed by atoms with E-state index in [0.717, 1.165) is 37.7 Å². The lowest BCUT2D eigenvalue weighted by Crippen LogP contribution is -2.39. The molecule has 0 aliphatic carbocycles. The number of nitrogens with one attached hydrogen (secondary N) is 1. The van der Waals surface area contributed by atoms with Crippen molar-refractivity contribution in [2.45, 2.75) is 50.3 Å². The zero-order valence-corrected chi connectivity index (χ0v) is 13.2. The highest BCUT2D eigenvalue weighted by atomic mass is 32.2. The number of hydrogen-bond acceptors (Lipinski definition) is 3. The van der Waals surface area contributed by atoms with Gasteiger partial charge >= 0.3 is 0 Å². The molecule has 2 rings (SSSR count). The largest absolute Gasteiger partial charge is 0.312 e. The fourth-order valence-electron chi connectivity index (χ4n) is 3.10. The Morgan fingerprint density at radius 2 is 1.95 bits per heavy atom. The molecule has 0 aromatic heterocycles. The first-order valence-electron chi connectivity index (χ1n) is 7.56. The molecule has 1 aromatic carbocycles. The Morgan fingerprint density at radius 1 is 1.25 bits per heavy atom. The van der Waals surface area contributed by atoms with Crippen LogP contribution in [0.4, 0.5) is 0 Å². The van der Waals surface area contributed by atoms with E-state index in [-0.39, 0.29) is 11.3 Å². The van der Waals surface area contributed by atoms with Gasteiger partial charge in [-0.05, 0) is 37.4 Å². The summed E-state index contributed by atoms with van der Waals surface area (Å²) in [5.41, 5.74) is 2.40. The number of aryl methyl sites for hydroxylation is 1. The molecule has 2 atom stereocenters. The van der Waals surface area contributed by atoms with E-state index in [1.54, 1.807) is 0 Å². The van der Waals surface area contributed by atoms with E-state index in [1.165, 1.54) is 5.56 Å². The van der Waals surface area contributed by atoms with Crippen molar-refractivity contribution in [3.63, 3.8) is 0 Å². The molecular weight excluding hydrogens is 270 g/mol. The number of sulfone groups is 1. The standard InChI is InChI=1S/C16H25NO2S/c1-3-6-13-8-10-14(11-9-13)16(17-2)15-7-4-5-12-20(15,18)19/h8-11,15-17H,3-7,12H2,1-2H3. The Hall–Kier alpha value is -0.870. The van der Waals surface area contributed by atoms with Crippen molar-refractivity contribution in [1.29, 1.82) is 0 Å². The van der Waals surface area contributed by atoms with Crippen LogP contribution in [-0.4, -0.2) is 26.5 Å². The Kier molecular flexibility index (Phi) is 5.22. The molecule has 0 saturated carbocycles. The van der Waals surface area contributed by atoms with E-state index in [2.05, 4.69) is 36.5 Å². The third-order valence-electron chi connectivity index (χ3n) is 4.19. The second-order valence-corrected chi connectivity index (χ2v) is 8.00. The van der Waals surface area contributed by atoms with Crippen LogP contribution in [0.1, 0.15) is 49.8 Å². The Labute approximate surface area is 122 Å². The third-order valence-corrected chi connectivity index (χ3v) is 6.48. The molecule has 4 heteroatoms. The van der Waals surface area contributed by atoms with Gasteiger partial charge in [-0.3, -0.25) is 0 Å². The van der Waals surface area contributed by atoms with Crippen molar-refractivity contribution in [3.8, 4) is 0 Å². The van der Waals surface area contributed by atoms with E-state index in [4.69, 9.17) is 0 Å². The van der Waals surface area contributed by atoms with Crippen molar-refractivity contribution in [2.75, 3.05) is 12.8 Å². The fourth-order valence-corrected chi connectivity index (χ4v) is 5.24. The Balaban J connectivity index is 2.23. The predicted molar refractivity (Wildman–Crippen MR) is 83.7 cm³/mol. The minimum atomic E-state index is -2.97. The number of rotatable bonds is 5. The van der Waals surface area contributed by atoms with E-state index in [1.807, 2.05) is 7.05 Å². The first-order chi connectivity index (χ1) is 9.58. The van der Waals surface area contributed by atoms with Crippen LogP contribution >= 0.6 is 0 Å². The topological polar surface area (TPSA) is 46.2 Å². The van der Waals surface area contributed by atoms with Gasteiger partial charge in [0.1, 0.15) is 0 Å². The van der Waals surface area contributed by atoms with Crippen molar-refractivity contribution in [2.24, 2.45) is 0 Å². The molecule has 0 bridgehead atoms. The molecule has 0 amide bonds. The zero-order valence-electron chi connectivity index (χ0n) is 12.4. The molecule has 112 valence electrons. The number of benzene rings is 1. The first-order valence-corrected chi connectivity index (χ1v) is 9.27. The maximum atomic E-state index is 12.3. The molecule has 1 fully saturated rings. The van der Waals surface area contributed by atoms with Crippen LogP contribution in [0.3, 0.4) is 0 Å². The lowest BCUT2D eigenvalue weighted by Gasteiger charge is -2.30. The predicted octanol–water partition coefficient (Wildman–Crippen LogP) is 2.87. The van der Waals surface area contributed by atoms with Gasteiger partial charge in [0.05, 0.1) is 11.0 Å². The third kappa shape index (κ3) is 3.41. The van der Waals surface area contributed by atoms with Crippen LogP contribution < -0.4 is 5.32 Å². The smallest absolute Gasteiger partial charge is 0.155 e. The second-order valence-electron chi connectivity index (χ2n) is 5.66. The minimum Gasteiger partial charge on any atom is -0.312 e. The van der Waals surface area contributed by atoms with E-state index in [0.29, 0.717) is 5.75 Å². The summed E-state index contributed by atoms with van der Waals surface area (Å²) < 4.78 is 24.6. The molecule has 2 unspecified atom stereocenters. The summed E-state index contributed by atoms with van der Waals surface area (Å²) in [7, 11) is -1.11. The van der Waals surface area contributed by atoms with Gasteiger partial charge < -0.3 is 5.32 Å². The van der Waals surface area contributed by atoms with Crippen LogP contribution in [0.25, 0.3) is 0 Å². The number of hydrogen-bond donors (Lipinski definition) is 1. The monoisotopic (exact) mass is 295 g/mol. The molecule has 0 spiro atoms. The highest BCUT2D eigenvalue weighted by Gasteiger charge is 2.35. The van der Waals surface area contributed by atoms with Gasteiger partial charge in [-0.15, -0.1) is 0 Å². The van der Waals surface area contributed by atoms with E-state index >= 15 is 0 Å². The molecule has 1 aliphatic rings. The SMILES string of the molecule is CCCc1ccc(C(NC)C2CCCCS2(=O)=O)cc1. The van der Waals surface area contributed by atoms with Crippen molar-refractivity contribution >= 4 is 9.84 Å². The summed E-state index contributed by atoms with van der Waals surface area (Å²) in [6, 6.07) is 8.32. The average Bonchev–Trinajstić information content (AvgIpc) is 2.43. The fraction of sp³-hybridized carbons (Fsp3) is 0.625. The molecule has 20 heavy (non-hydrogen) atoms. The Morgan fingerprint density at radius 3 is 2.50 bits per heavy atom. The van der Waals surface area contributed by atoms with Crippen LogP contribution in [0.15, 0.2) is 24.3 Å². The molecule has 1 aromatic rings. The van der Waals surface area contributed by atoms with Gasteiger partial charge in [0.15, 0.2) is 9.84 Å². The van der Waals surface area contributed by atoms with Gasteiger partial charge in [-0.2, -0.15) is 0 Å². The molecular formula is C16H25NO2S. The van der Waals surface area contributed by atoms with Crippen LogP contribution in [0.5, 0.6) is 0 Å². The minimum absolute atomic E-state index is 0.0871. The van der Waals surface area contributed by atoms with Gasteiger partial charge in [0.2, 0.25) is 0 Å². The highest BCUT2D eigenvalue weighted by Crippen LogP contribution is 2.30. The van der Waals surface area contributed by atoms with Gasteiger partial charge in [-0.1, -0.05) is 44.0 Å². The quantitative estimate of drug-likeness (QED) is 0.908. The maximum Gasteiger partial charge on any atom is 0.155 e. The second kappa shape index (κ2) is 6.72. The molecule has 3 nitrogen and oxygen atoms in total. The van der Waals surface area contributed by atoms with E-state index < -0.39 is 9.84 Å². The Bertz CT molecular complexity index is 522. The zero-order chi connectivity index (χ0) is 14.6. The van der Waals surface area contributed by atoms with Gasteiger partial charge in [0, 0.05) is 6.04 Å². The van der Waals surface area contributed by atoms with E-state index in [9.17, 15) is 8.42 Å². The highest BCUT2D eigenvalue weighted by molar-refractivity contribution is 7.92. The molecule has 1 heterocycles. The summed E-state index contributed by atoms with van der Waals surface area (Å²) in [6.07, 6.45) is 4.79. The molecule has 0 radical (unpaired) electrons. The molecule has 1 aliphatic heterocycles. The summed E-state index contributed by atoms with van der Waals surface area (Å²) in [5, 5.41) is 2.94. The van der Waals surface area contributed by atoms with Gasteiger partial charge in [-0.25, -0.2) is 8.42 Å². The van der Waals surface area contributed by atoms with Crippen molar-refractivity contribution in [1.82, 2.24) is 5.32 Å². The summed E-state index contributed by atoms with van der Waals surface area (Å²) in [6.45, 7) is 2.17. The average molecular weight is 295 g/mol. The van der Waals surface area contributed by atoms with Crippen molar-refractivity contribution < 1.29 is 8.42 Å².